The van der Waals surface area contributed by atoms with E-state index in [0.717, 1.165) is 9.13 Å². The van der Waals surface area contributed by atoms with E-state index in [2.05, 4.69) is 33.1 Å². The number of rotatable bonds is 3. The van der Waals surface area contributed by atoms with E-state index >= 15 is 0 Å². The number of hydrogen-bond acceptors (Lipinski definition) is 2. The van der Waals surface area contributed by atoms with Crippen LogP contribution in [0.1, 0.15) is 15.9 Å². The Hall–Kier alpha value is -1.11. The Balaban J connectivity index is 2.02. The number of benzene rings is 2. The van der Waals surface area contributed by atoms with Gasteiger partial charge in [-0.25, -0.2) is 5.43 Å². The molecule has 20 heavy (non-hydrogen) atoms. The minimum Gasteiger partial charge on any atom is -0.267 e. The number of hydrazone groups is 1. The number of carbonyl (C=O) groups excluding carboxylic acids is 1. The van der Waals surface area contributed by atoms with Crippen LogP contribution < -0.4 is 5.43 Å². The van der Waals surface area contributed by atoms with Crippen LogP contribution in [0.15, 0.2) is 47.6 Å². The van der Waals surface area contributed by atoms with E-state index in [1.807, 2.05) is 12.1 Å². The fourth-order valence-corrected chi connectivity index (χ4v) is 2.30. The zero-order chi connectivity index (χ0) is 14.5. The van der Waals surface area contributed by atoms with Crippen LogP contribution in [0.2, 0.25) is 10.0 Å². The Labute approximate surface area is 140 Å². The lowest BCUT2D eigenvalue weighted by Gasteiger charge is -2.00. The van der Waals surface area contributed by atoms with Gasteiger partial charge in [-0.15, -0.1) is 0 Å². The SMILES string of the molecule is O=C(N/N=C\c1ccc(Cl)c(Cl)c1)c1cccc(I)c1. The van der Waals surface area contributed by atoms with Crippen molar-refractivity contribution in [3.8, 4) is 0 Å². The van der Waals surface area contributed by atoms with Crippen molar-refractivity contribution >= 4 is 57.9 Å². The molecule has 0 aliphatic carbocycles. The lowest BCUT2D eigenvalue weighted by atomic mass is 10.2. The van der Waals surface area contributed by atoms with Crippen LogP contribution in [0.3, 0.4) is 0 Å². The van der Waals surface area contributed by atoms with Crippen LogP contribution in [-0.4, -0.2) is 12.1 Å². The Kier molecular flexibility index (Phi) is 5.39. The van der Waals surface area contributed by atoms with Crippen LogP contribution in [0.25, 0.3) is 0 Å². The number of nitrogens with zero attached hydrogens (tertiary/aromatic N) is 1. The molecule has 0 bridgehead atoms. The zero-order valence-electron chi connectivity index (χ0n) is 10.1. The number of hydrogen-bond donors (Lipinski definition) is 1. The Morgan fingerprint density at radius 3 is 2.65 bits per heavy atom. The van der Waals surface area contributed by atoms with E-state index in [4.69, 9.17) is 23.2 Å². The second-order valence-corrected chi connectivity index (χ2v) is 5.94. The van der Waals surface area contributed by atoms with Crippen molar-refractivity contribution in [1.82, 2.24) is 5.43 Å². The Morgan fingerprint density at radius 2 is 1.95 bits per heavy atom. The molecule has 0 saturated heterocycles. The molecule has 0 aromatic heterocycles. The van der Waals surface area contributed by atoms with Crippen molar-refractivity contribution in [2.45, 2.75) is 0 Å². The predicted molar refractivity (Wildman–Crippen MR) is 90.7 cm³/mol. The molecular weight excluding hydrogens is 410 g/mol. The highest BCUT2D eigenvalue weighted by atomic mass is 127. The van der Waals surface area contributed by atoms with E-state index in [9.17, 15) is 4.79 Å². The molecule has 0 fully saturated rings. The van der Waals surface area contributed by atoms with Crippen LogP contribution in [0, 0.1) is 3.57 Å². The van der Waals surface area contributed by atoms with Gasteiger partial charge in [0, 0.05) is 9.13 Å². The Morgan fingerprint density at radius 1 is 1.15 bits per heavy atom. The Bertz CT molecular complexity index is 674. The lowest BCUT2D eigenvalue weighted by Crippen LogP contribution is -2.17. The van der Waals surface area contributed by atoms with E-state index in [1.165, 1.54) is 6.21 Å². The fourth-order valence-electron chi connectivity index (χ4n) is 1.45. The average molecular weight is 419 g/mol. The highest BCUT2D eigenvalue weighted by Crippen LogP contribution is 2.21. The summed E-state index contributed by atoms with van der Waals surface area (Å²) in [6, 6.07) is 12.3. The van der Waals surface area contributed by atoms with Crippen molar-refractivity contribution in [2.75, 3.05) is 0 Å². The molecule has 0 heterocycles. The molecular formula is C14H9Cl2IN2O. The zero-order valence-corrected chi connectivity index (χ0v) is 13.8. The number of amides is 1. The third-order valence-corrected chi connectivity index (χ3v) is 3.82. The van der Waals surface area contributed by atoms with Gasteiger partial charge in [0.15, 0.2) is 0 Å². The molecule has 2 aromatic carbocycles. The molecule has 0 unspecified atom stereocenters. The minimum atomic E-state index is -0.264. The maximum atomic E-state index is 11.8. The molecule has 2 rings (SSSR count). The standard InChI is InChI=1S/C14H9Cl2IN2O/c15-12-5-4-9(6-13(12)16)8-18-19-14(20)10-2-1-3-11(17)7-10/h1-8H,(H,19,20)/b18-8-. The van der Waals surface area contributed by atoms with Crippen molar-refractivity contribution in [3.63, 3.8) is 0 Å². The molecule has 0 atom stereocenters. The molecule has 0 aliphatic rings. The van der Waals surface area contributed by atoms with Gasteiger partial charge in [0.05, 0.1) is 16.3 Å². The predicted octanol–water partition coefficient (Wildman–Crippen LogP) is 4.36. The second kappa shape index (κ2) is 7.06. The monoisotopic (exact) mass is 418 g/mol. The van der Waals surface area contributed by atoms with Crippen LogP contribution >= 0.6 is 45.8 Å². The molecule has 1 N–H and O–H groups in total. The van der Waals surface area contributed by atoms with Gasteiger partial charge in [-0.05, 0) is 58.5 Å². The first-order chi connectivity index (χ1) is 9.56. The maximum Gasteiger partial charge on any atom is 0.271 e. The van der Waals surface area contributed by atoms with Gasteiger partial charge in [-0.3, -0.25) is 4.79 Å². The van der Waals surface area contributed by atoms with Crippen molar-refractivity contribution in [1.29, 1.82) is 0 Å². The molecule has 0 saturated carbocycles. The van der Waals surface area contributed by atoms with Gasteiger partial charge >= 0.3 is 0 Å². The van der Waals surface area contributed by atoms with Gasteiger partial charge in [0.25, 0.3) is 5.91 Å². The molecule has 0 spiro atoms. The van der Waals surface area contributed by atoms with Gasteiger partial charge in [0.2, 0.25) is 0 Å². The first kappa shape index (κ1) is 15.3. The summed E-state index contributed by atoms with van der Waals surface area (Å²) in [5.74, 6) is -0.264. The van der Waals surface area contributed by atoms with Crippen LogP contribution in [0.4, 0.5) is 0 Å². The van der Waals surface area contributed by atoms with E-state index in [-0.39, 0.29) is 5.91 Å². The van der Waals surface area contributed by atoms with Gasteiger partial charge in [-0.2, -0.15) is 5.10 Å². The average Bonchev–Trinajstić information content (AvgIpc) is 2.42. The maximum absolute atomic E-state index is 11.8. The normalized spacial score (nSPS) is 10.8. The van der Waals surface area contributed by atoms with E-state index in [0.29, 0.717) is 15.6 Å². The molecule has 0 radical (unpaired) electrons. The quantitative estimate of drug-likeness (QED) is 0.449. The summed E-state index contributed by atoms with van der Waals surface area (Å²) in [4.78, 5) is 11.8. The highest BCUT2D eigenvalue weighted by Gasteiger charge is 2.03. The number of halogens is 3. The fraction of sp³-hybridized carbons (Fsp3) is 0. The third-order valence-electron chi connectivity index (χ3n) is 2.41. The first-order valence-corrected chi connectivity index (χ1v) is 7.44. The largest absolute Gasteiger partial charge is 0.271 e. The summed E-state index contributed by atoms with van der Waals surface area (Å²) < 4.78 is 0.990. The topological polar surface area (TPSA) is 41.5 Å². The van der Waals surface area contributed by atoms with E-state index in [1.54, 1.807) is 30.3 Å². The van der Waals surface area contributed by atoms with E-state index < -0.39 is 0 Å². The first-order valence-electron chi connectivity index (χ1n) is 5.60. The molecule has 1 amide bonds. The summed E-state index contributed by atoms with van der Waals surface area (Å²) in [7, 11) is 0. The van der Waals surface area contributed by atoms with Crippen molar-refractivity contribution < 1.29 is 4.79 Å². The molecule has 2 aromatic rings. The summed E-state index contributed by atoms with van der Waals surface area (Å²) in [6.07, 6.45) is 1.51. The molecule has 3 nitrogen and oxygen atoms in total. The van der Waals surface area contributed by atoms with Gasteiger partial charge in [-0.1, -0.05) is 35.3 Å². The van der Waals surface area contributed by atoms with Crippen molar-refractivity contribution in [3.05, 3.63) is 67.2 Å². The van der Waals surface area contributed by atoms with Gasteiger partial charge in [0.1, 0.15) is 0 Å². The number of carbonyl (C=O) groups is 1. The van der Waals surface area contributed by atoms with Crippen LogP contribution in [0.5, 0.6) is 0 Å². The second-order valence-electron chi connectivity index (χ2n) is 3.88. The summed E-state index contributed by atoms with van der Waals surface area (Å²) in [5, 5.41) is 4.81. The van der Waals surface area contributed by atoms with Crippen LogP contribution in [-0.2, 0) is 0 Å². The summed E-state index contributed by atoms with van der Waals surface area (Å²) >= 11 is 13.8. The summed E-state index contributed by atoms with van der Waals surface area (Å²) in [6.45, 7) is 0. The number of nitrogens with one attached hydrogen (secondary N) is 1. The lowest BCUT2D eigenvalue weighted by molar-refractivity contribution is 0.0955. The highest BCUT2D eigenvalue weighted by molar-refractivity contribution is 14.1. The molecule has 102 valence electrons. The third kappa shape index (κ3) is 4.19. The van der Waals surface area contributed by atoms with Gasteiger partial charge < -0.3 is 0 Å². The minimum absolute atomic E-state index is 0.264. The summed E-state index contributed by atoms with van der Waals surface area (Å²) in [5.41, 5.74) is 3.77. The molecule has 6 heteroatoms. The van der Waals surface area contributed by atoms with Crippen molar-refractivity contribution in [2.24, 2.45) is 5.10 Å². The smallest absolute Gasteiger partial charge is 0.267 e. The molecule has 0 aliphatic heterocycles.